The van der Waals surface area contributed by atoms with Gasteiger partial charge in [0.15, 0.2) is 0 Å². The molecule has 0 saturated heterocycles. The molecule has 0 aliphatic carbocycles. The van der Waals surface area contributed by atoms with Crippen molar-refractivity contribution in [2.45, 2.75) is 11.8 Å². The molecule has 3 rings (SSSR count). The largest absolute Gasteiger partial charge is 0.497 e. The number of ether oxygens (including phenoxy) is 1. The molecule has 4 nitrogen and oxygen atoms in total. The molecule has 0 bridgehead atoms. The number of nitrogens with zero attached hydrogens (tertiary/aromatic N) is 2. The van der Waals surface area contributed by atoms with Gasteiger partial charge >= 0.3 is 0 Å². The first-order valence-electron chi connectivity index (χ1n) is 8.08. The topological polar surface area (TPSA) is 71.9 Å². The van der Waals surface area contributed by atoms with Gasteiger partial charge < -0.3 is 10.5 Å². The van der Waals surface area contributed by atoms with Gasteiger partial charge in [-0.15, -0.1) is 11.8 Å². The second-order valence-corrected chi connectivity index (χ2v) is 6.66. The molecule has 0 radical (unpaired) electrons. The summed E-state index contributed by atoms with van der Waals surface area (Å²) in [4.78, 5) is 5.57. The fourth-order valence-corrected chi connectivity index (χ4v) is 3.41. The molecule has 1 heterocycles. The van der Waals surface area contributed by atoms with Crippen LogP contribution in [0.15, 0.2) is 53.4 Å². The Balaban J connectivity index is 2.30. The van der Waals surface area contributed by atoms with Crippen LogP contribution in [0.4, 0.5) is 5.82 Å². The SMILES string of the molecule is COc1ccc(-c2c(C)nc(N)c(C#N)c2-c2ccc(SC)cc2)cc1. The van der Waals surface area contributed by atoms with E-state index in [0.717, 1.165) is 38.6 Å². The monoisotopic (exact) mass is 361 g/mol. The Morgan fingerprint density at radius 2 is 1.58 bits per heavy atom. The molecular formula is C21H19N3OS. The summed E-state index contributed by atoms with van der Waals surface area (Å²) >= 11 is 1.68. The molecule has 0 aliphatic heterocycles. The van der Waals surface area contributed by atoms with E-state index in [9.17, 15) is 5.26 Å². The summed E-state index contributed by atoms with van der Waals surface area (Å²) in [5, 5.41) is 9.71. The summed E-state index contributed by atoms with van der Waals surface area (Å²) in [7, 11) is 1.64. The second-order valence-electron chi connectivity index (χ2n) is 5.78. The van der Waals surface area contributed by atoms with E-state index >= 15 is 0 Å². The van der Waals surface area contributed by atoms with Crippen LogP contribution in [-0.2, 0) is 0 Å². The predicted molar refractivity (Wildman–Crippen MR) is 107 cm³/mol. The normalized spacial score (nSPS) is 10.4. The Bertz CT molecular complexity index is 974. The maximum Gasteiger partial charge on any atom is 0.142 e. The molecule has 26 heavy (non-hydrogen) atoms. The van der Waals surface area contributed by atoms with Crippen molar-refractivity contribution in [1.29, 1.82) is 5.26 Å². The van der Waals surface area contributed by atoms with E-state index in [1.807, 2.05) is 61.7 Å². The van der Waals surface area contributed by atoms with Crippen LogP contribution in [0, 0.1) is 18.3 Å². The van der Waals surface area contributed by atoms with Gasteiger partial charge in [-0.1, -0.05) is 24.3 Å². The van der Waals surface area contributed by atoms with Crippen LogP contribution >= 0.6 is 11.8 Å². The highest BCUT2D eigenvalue weighted by atomic mass is 32.2. The molecule has 0 unspecified atom stereocenters. The Morgan fingerprint density at radius 1 is 1.00 bits per heavy atom. The zero-order valence-corrected chi connectivity index (χ0v) is 15.7. The number of benzene rings is 2. The van der Waals surface area contributed by atoms with Gasteiger partial charge in [-0.3, -0.25) is 0 Å². The number of nitrogens with two attached hydrogens (primary N) is 1. The van der Waals surface area contributed by atoms with Crippen molar-refractivity contribution in [2.75, 3.05) is 19.1 Å². The zero-order chi connectivity index (χ0) is 18.7. The number of nitriles is 1. The predicted octanol–water partition coefficient (Wildman–Crippen LogP) is 4.91. The van der Waals surface area contributed by atoms with Crippen molar-refractivity contribution < 1.29 is 4.74 Å². The highest BCUT2D eigenvalue weighted by molar-refractivity contribution is 7.98. The van der Waals surface area contributed by atoms with Crippen LogP contribution in [0.25, 0.3) is 22.3 Å². The van der Waals surface area contributed by atoms with Crippen LogP contribution < -0.4 is 10.5 Å². The van der Waals surface area contributed by atoms with Gasteiger partial charge in [0.2, 0.25) is 0 Å². The van der Waals surface area contributed by atoms with E-state index in [0.29, 0.717) is 5.56 Å². The van der Waals surface area contributed by atoms with E-state index in [1.165, 1.54) is 0 Å². The lowest BCUT2D eigenvalue weighted by Gasteiger charge is -2.16. The Labute approximate surface area is 157 Å². The number of nitrogen functional groups attached to an aromatic ring is 1. The standard InChI is InChI=1S/C21H19N3OS/c1-13-19(14-4-8-16(25-2)9-5-14)20(18(12-22)21(23)24-13)15-6-10-17(26-3)11-7-15/h4-11H,1-3H3,(H2,23,24). The van der Waals surface area contributed by atoms with Crippen molar-refractivity contribution in [1.82, 2.24) is 4.98 Å². The third-order valence-corrected chi connectivity index (χ3v) is 5.02. The Hall–Kier alpha value is -2.97. The summed E-state index contributed by atoms with van der Waals surface area (Å²) in [5.74, 6) is 1.03. The van der Waals surface area contributed by atoms with Gasteiger partial charge in [0, 0.05) is 21.7 Å². The quantitative estimate of drug-likeness (QED) is 0.669. The van der Waals surface area contributed by atoms with Gasteiger partial charge in [-0.25, -0.2) is 4.98 Å². The highest BCUT2D eigenvalue weighted by Gasteiger charge is 2.19. The molecule has 2 aromatic carbocycles. The molecule has 5 heteroatoms. The number of aryl methyl sites for hydroxylation is 1. The van der Waals surface area contributed by atoms with E-state index in [1.54, 1.807) is 18.9 Å². The van der Waals surface area contributed by atoms with Crippen LogP contribution in [0.2, 0.25) is 0 Å². The molecule has 0 atom stereocenters. The summed E-state index contributed by atoms with van der Waals surface area (Å²) in [6.07, 6.45) is 2.03. The number of aromatic nitrogens is 1. The summed E-state index contributed by atoms with van der Waals surface area (Å²) in [6, 6.07) is 18.1. The van der Waals surface area contributed by atoms with Gasteiger partial charge in [0.1, 0.15) is 23.2 Å². The second kappa shape index (κ2) is 7.51. The number of rotatable bonds is 4. The van der Waals surface area contributed by atoms with E-state index in [2.05, 4.69) is 11.1 Å². The summed E-state index contributed by atoms with van der Waals surface area (Å²) < 4.78 is 5.25. The highest BCUT2D eigenvalue weighted by Crippen LogP contribution is 2.39. The molecule has 130 valence electrons. The average Bonchev–Trinajstić information content (AvgIpc) is 2.68. The van der Waals surface area contributed by atoms with Crippen molar-refractivity contribution in [3.05, 3.63) is 59.8 Å². The molecule has 1 aromatic heterocycles. The fourth-order valence-electron chi connectivity index (χ4n) is 3.00. The van der Waals surface area contributed by atoms with Gasteiger partial charge in [0.05, 0.1) is 7.11 Å². The van der Waals surface area contributed by atoms with Gasteiger partial charge in [0.25, 0.3) is 0 Å². The van der Waals surface area contributed by atoms with Crippen LogP contribution in [0.3, 0.4) is 0 Å². The molecule has 0 amide bonds. The number of anilines is 1. The summed E-state index contributed by atoms with van der Waals surface area (Å²) in [6.45, 7) is 1.91. The molecule has 0 saturated carbocycles. The smallest absolute Gasteiger partial charge is 0.142 e. The van der Waals surface area contributed by atoms with Gasteiger partial charge in [-0.05, 0) is 48.6 Å². The van der Waals surface area contributed by atoms with E-state index in [4.69, 9.17) is 10.5 Å². The Morgan fingerprint density at radius 3 is 2.12 bits per heavy atom. The third-order valence-electron chi connectivity index (χ3n) is 4.28. The van der Waals surface area contributed by atoms with Crippen LogP contribution in [-0.4, -0.2) is 18.3 Å². The molecule has 3 aromatic rings. The lowest BCUT2D eigenvalue weighted by molar-refractivity contribution is 0.415. The molecular weight excluding hydrogens is 342 g/mol. The Kier molecular flexibility index (Phi) is 5.15. The number of methoxy groups -OCH3 is 1. The lowest BCUT2D eigenvalue weighted by Crippen LogP contribution is -2.03. The van der Waals surface area contributed by atoms with Crippen molar-refractivity contribution in [2.24, 2.45) is 0 Å². The van der Waals surface area contributed by atoms with Crippen LogP contribution in [0.5, 0.6) is 5.75 Å². The molecule has 0 spiro atoms. The number of hydrogen-bond donors (Lipinski definition) is 1. The van der Waals surface area contributed by atoms with E-state index in [-0.39, 0.29) is 5.82 Å². The van der Waals surface area contributed by atoms with Crippen molar-refractivity contribution in [3.8, 4) is 34.1 Å². The maximum absolute atomic E-state index is 9.71. The van der Waals surface area contributed by atoms with Gasteiger partial charge in [-0.2, -0.15) is 5.26 Å². The number of thioether (sulfide) groups is 1. The third kappa shape index (κ3) is 3.24. The zero-order valence-electron chi connectivity index (χ0n) is 14.9. The number of pyridine rings is 1. The summed E-state index contributed by atoms with van der Waals surface area (Å²) in [5.41, 5.74) is 10.9. The molecule has 2 N–H and O–H groups in total. The minimum Gasteiger partial charge on any atom is -0.497 e. The molecule has 0 aliphatic rings. The first-order chi connectivity index (χ1) is 12.6. The lowest BCUT2D eigenvalue weighted by atomic mass is 9.90. The first kappa shape index (κ1) is 17.8. The minimum absolute atomic E-state index is 0.256. The maximum atomic E-state index is 9.71. The van der Waals surface area contributed by atoms with E-state index < -0.39 is 0 Å². The first-order valence-corrected chi connectivity index (χ1v) is 9.30. The van der Waals surface area contributed by atoms with Crippen molar-refractivity contribution in [3.63, 3.8) is 0 Å². The van der Waals surface area contributed by atoms with Crippen LogP contribution in [0.1, 0.15) is 11.3 Å². The molecule has 0 fully saturated rings. The average molecular weight is 361 g/mol. The fraction of sp³-hybridized carbons (Fsp3) is 0.143. The van der Waals surface area contributed by atoms with Crippen molar-refractivity contribution >= 4 is 17.6 Å². The minimum atomic E-state index is 0.256. The number of hydrogen-bond acceptors (Lipinski definition) is 5.